The van der Waals surface area contributed by atoms with Gasteiger partial charge in [0.2, 0.25) is 10.0 Å². The van der Waals surface area contributed by atoms with Crippen molar-refractivity contribution in [2.45, 2.75) is 44.0 Å². The zero-order chi connectivity index (χ0) is 16.4. The number of carbonyl (C=O) groups is 1. The van der Waals surface area contributed by atoms with Gasteiger partial charge in [-0.05, 0) is 31.9 Å². The summed E-state index contributed by atoms with van der Waals surface area (Å²) >= 11 is 11.7. The van der Waals surface area contributed by atoms with Crippen molar-refractivity contribution in [1.29, 1.82) is 0 Å². The molecule has 2 N–H and O–H groups in total. The van der Waals surface area contributed by atoms with E-state index in [0.717, 1.165) is 0 Å². The van der Waals surface area contributed by atoms with Gasteiger partial charge >= 0.3 is 5.97 Å². The third-order valence-corrected chi connectivity index (χ3v) is 6.00. The number of carboxylic acid groups (broad SMARTS) is 1. The molecule has 0 heterocycles. The number of aromatic carboxylic acids is 1. The Morgan fingerprint density at radius 2 is 1.81 bits per heavy atom. The molecule has 0 unspecified atom stereocenters. The summed E-state index contributed by atoms with van der Waals surface area (Å²) < 4.78 is 27.4. The standard InChI is InChI=1S/C13H17Cl2NO4S/c1-4-13(3,5-2)16-21(19,20)9-7-6-8(14)10(11(9)15)12(17)18/h6-7,16H,4-5H2,1-3H3,(H,17,18). The number of hydrogen-bond donors (Lipinski definition) is 2. The molecule has 1 aromatic carbocycles. The van der Waals surface area contributed by atoms with Crippen LogP contribution in [-0.4, -0.2) is 25.0 Å². The predicted molar refractivity (Wildman–Crippen MR) is 82.7 cm³/mol. The highest BCUT2D eigenvalue weighted by Crippen LogP contribution is 2.32. The van der Waals surface area contributed by atoms with Crippen LogP contribution < -0.4 is 4.72 Å². The first kappa shape index (κ1) is 18.2. The number of hydrogen-bond acceptors (Lipinski definition) is 3. The van der Waals surface area contributed by atoms with Gasteiger partial charge in [0, 0.05) is 5.54 Å². The number of sulfonamides is 1. The number of benzene rings is 1. The molecule has 0 aromatic heterocycles. The Morgan fingerprint density at radius 1 is 1.29 bits per heavy atom. The second-order valence-electron chi connectivity index (χ2n) is 4.91. The molecule has 0 saturated heterocycles. The van der Waals surface area contributed by atoms with Gasteiger partial charge in [0.1, 0.15) is 4.90 Å². The van der Waals surface area contributed by atoms with Crippen LogP contribution in [-0.2, 0) is 10.0 Å². The Morgan fingerprint density at radius 3 is 2.24 bits per heavy atom. The van der Waals surface area contributed by atoms with Crippen LogP contribution in [0.2, 0.25) is 10.0 Å². The Hall–Kier alpha value is -0.820. The highest BCUT2D eigenvalue weighted by molar-refractivity contribution is 7.89. The smallest absolute Gasteiger partial charge is 0.338 e. The maximum atomic E-state index is 12.4. The molecule has 0 aliphatic rings. The fourth-order valence-corrected chi connectivity index (χ4v) is 4.18. The minimum absolute atomic E-state index is 0.111. The van der Waals surface area contributed by atoms with E-state index in [2.05, 4.69) is 4.72 Å². The maximum absolute atomic E-state index is 12.4. The van der Waals surface area contributed by atoms with Crippen LogP contribution >= 0.6 is 23.2 Å². The van der Waals surface area contributed by atoms with Crippen LogP contribution in [0.3, 0.4) is 0 Å². The van der Waals surface area contributed by atoms with Crippen LogP contribution in [0.1, 0.15) is 44.0 Å². The van der Waals surface area contributed by atoms with Crippen LogP contribution in [0.15, 0.2) is 17.0 Å². The monoisotopic (exact) mass is 353 g/mol. The van der Waals surface area contributed by atoms with Gasteiger partial charge in [-0.25, -0.2) is 17.9 Å². The molecule has 118 valence electrons. The molecule has 0 atom stereocenters. The van der Waals surface area contributed by atoms with Gasteiger partial charge in [0.05, 0.1) is 15.6 Å². The van der Waals surface area contributed by atoms with Gasteiger partial charge in [0.15, 0.2) is 0 Å². The van der Waals surface area contributed by atoms with Gasteiger partial charge in [0.25, 0.3) is 0 Å². The quantitative estimate of drug-likeness (QED) is 0.818. The van der Waals surface area contributed by atoms with E-state index in [9.17, 15) is 13.2 Å². The van der Waals surface area contributed by atoms with E-state index in [1.165, 1.54) is 12.1 Å². The van der Waals surface area contributed by atoms with Crippen molar-refractivity contribution in [3.05, 3.63) is 27.7 Å². The number of nitrogens with one attached hydrogen (secondary N) is 1. The molecular formula is C13H17Cl2NO4S. The number of halogens is 2. The largest absolute Gasteiger partial charge is 0.478 e. The van der Waals surface area contributed by atoms with E-state index in [0.29, 0.717) is 12.8 Å². The minimum atomic E-state index is -3.95. The predicted octanol–water partition coefficient (Wildman–Crippen LogP) is 3.55. The van der Waals surface area contributed by atoms with Crippen molar-refractivity contribution in [1.82, 2.24) is 4.72 Å². The van der Waals surface area contributed by atoms with Gasteiger partial charge in [-0.3, -0.25) is 0 Å². The molecule has 21 heavy (non-hydrogen) atoms. The van der Waals surface area contributed by atoms with Gasteiger partial charge < -0.3 is 5.11 Å². The summed E-state index contributed by atoms with van der Waals surface area (Å²) in [5.74, 6) is -1.38. The molecule has 5 nitrogen and oxygen atoms in total. The van der Waals surface area contributed by atoms with Crippen LogP contribution in [0, 0.1) is 0 Å². The molecule has 0 spiro atoms. The second kappa shape index (κ2) is 6.52. The van der Waals surface area contributed by atoms with Crippen LogP contribution in [0.4, 0.5) is 0 Å². The first-order valence-electron chi connectivity index (χ1n) is 6.33. The summed E-state index contributed by atoms with van der Waals surface area (Å²) in [5.41, 5.74) is -1.05. The average Bonchev–Trinajstić information content (AvgIpc) is 2.37. The molecular weight excluding hydrogens is 337 g/mol. The van der Waals surface area contributed by atoms with Crippen molar-refractivity contribution >= 4 is 39.2 Å². The molecule has 0 radical (unpaired) electrons. The molecule has 0 aliphatic heterocycles. The van der Waals surface area contributed by atoms with Crippen molar-refractivity contribution in [2.24, 2.45) is 0 Å². The van der Waals surface area contributed by atoms with Crippen molar-refractivity contribution in [2.75, 3.05) is 0 Å². The third kappa shape index (κ3) is 3.88. The van der Waals surface area contributed by atoms with E-state index in [1.807, 2.05) is 13.8 Å². The average molecular weight is 354 g/mol. The lowest BCUT2D eigenvalue weighted by Gasteiger charge is -2.28. The fraction of sp³-hybridized carbons (Fsp3) is 0.462. The normalized spacial score (nSPS) is 12.4. The molecule has 1 aromatic rings. The van der Waals surface area contributed by atoms with Crippen LogP contribution in [0.5, 0.6) is 0 Å². The first-order valence-corrected chi connectivity index (χ1v) is 8.57. The summed E-state index contributed by atoms with van der Waals surface area (Å²) in [6, 6.07) is 2.41. The van der Waals surface area contributed by atoms with E-state index < -0.39 is 32.1 Å². The topological polar surface area (TPSA) is 83.5 Å². The molecule has 8 heteroatoms. The highest BCUT2D eigenvalue weighted by Gasteiger charge is 2.30. The van der Waals surface area contributed by atoms with Gasteiger partial charge in [-0.2, -0.15) is 0 Å². The fourth-order valence-electron chi connectivity index (χ4n) is 1.71. The molecule has 0 bridgehead atoms. The lowest BCUT2D eigenvalue weighted by Crippen LogP contribution is -2.44. The zero-order valence-corrected chi connectivity index (χ0v) is 14.2. The Bertz CT molecular complexity index is 654. The third-order valence-electron chi connectivity index (χ3n) is 3.50. The Balaban J connectivity index is 3.40. The Labute approximate surface area is 134 Å². The summed E-state index contributed by atoms with van der Waals surface area (Å²) in [7, 11) is -3.95. The molecule has 1 rings (SSSR count). The maximum Gasteiger partial charge on any atom is 0.338 e. The summed E-state index contributed by atoms with van der Waals surface area (Å²) in [4.78, 5) is 10.8. The first-order chi connectivity index (χ1) is 9.58. The molecule has 0 saturated carbocycles. The van der Waals surface area contributed by atoms with E-state index in [4.69, 9.17) is 28.3 Å². The number of rotatable bonds is 6. The van der Waals surface area contributed by atoms with E-state index in [1.54, 1.807) is 6.92 Å². The Kier molecular flexibility index (Phi) is 5.66. The highest BCUT2D eigenvalue weighted by atomic mass is 35.5. The van der Waals surface area contributed by atoms with Crippen LogP contribution in [0.25, 0.3) is 0 Å². The van der Waals surface area contributed by atoms with Crippen molar-refractivity contribution in [3.8, 4) is 0 Å². The van der Waals surface area contributed by atoms with Crippen molar-refractivity contribution in [3.63, 3.8) is 0 Å². The number of carboxylic acids is 1. The SMILES string of the molecule is CCC(C)(CC)NS(=O)(=O)c1ccc(Cl)c(C(=O)O)c1Cl. The summed E-state index contributed by atoms with van der Waals surface area (Å²) in [6.07, 6.45) is 1.17. The van der Waals surface area contributed by atoms with Gasteiger partial charge in [-0.15, -0.1) is 0 Å². The van der Waals surface area contributed by atoms with E-state index in [-0.39, 0.29) is 9.92 Å². The molecule has 0 aliphatic carbocycles. The second-order valence-corrected chi connectivity index (χ2v) is 7.35. The summed E-state index contributed by atoms with van der Waals surface area (Å²) in [6.45, 7) is 5.49. The molecule has 0 fully saturated rings. The van der Waals surface area contributed by atoms with Gasteiger partial charge in [-0.1, -0.05) is 37.0 Å². The molecule has 0 amide bonds. The van der Waals surface area contributed by atoms with E-state index >= 15 is 0 Å². The lowest BCUT2D eigenvalue weighted by atomic mass is 9.98. The van der Waals surface area contributed by atoms with Crippen molar-refractivity contribution < 1.29 is 18.3 Å². The minimum Gasteiger partial charge on any atom is -0.478 e. The lowest BCUT2D eigenvalue weighted by molar-refractivity contribution is 0.0697. The summed E-state index contributed by atoms with van der Waals surface area (Å²) in [5, 5.41) is 8.57. The zero-order valence-electron chi connectivity index (χ0n) is 11.9.